The van der Waals surface area contributed by atoms with Crippen molar-refractivity contribution < 1.29 is 9.53 Å². The second kappa shape index (κ2) is 6.61. The van der Waals surface area contributed by atoms with E-state index < -0.39 is 0 Å². The Hall–Kier alpha value is -0.840. The third-order valence-electron chi connectivity index (χ3n) is 2.02. The van der Waals surface area contributed by atoms with Crippen molar-refractivity contribution in [1.82, 2.24) is 0 Å². The minimum atomic E-state index is -0.320. The highest BCUT2D eigenvalue weighted by Gasteiger charge is 1.98. The molecule has 0 fully saturated rings. The van der Waals surface area contributed by atoms with E-state index in [1.165, 1.54) is 18.7 Å². The average molecular weight is 316 g/mol. The van der Waals surface area contributed by atoms with Crippen LogP contribution in [0.3, 0.4) is 0 Å². The smallest absolute Gasteiger partial charge is 0.330 e. The molecule has 0 aromatic heterocycles. The summed E-state index contributed by atoms with van der Waals surface area (Å²) in [5.41, 5.74) is 2.34. The molecule has 0 saturated heterocycles. The molecule has 0 N–H and O–H groups in total. The van der Waals surface area contributed by atoms with Crippen molar-refractivity contribution in [3.63, 3.8) is 0 Å². The van der Waals surface area contributed by atoms with E-state index in [9.17, 15) is 4.79 Å². The molecule has 0 saturated carbocycles. The number of ether oxygens (including phenoxy) is 1. The van der Waals surface area contributed by atoms with Crippen molar-refractivity contribution in [3.05, 3.63) is 41.5 Å². The van der Waals surface area contributed by atoms with Gasteiger partial charge in [0, 0.05) is 10.5 Å². The van der Waals surface area contributed by atoms with Crippen molar-refractivity contribution in [1.29, 1.82) is 0 Å². The number of benzene rings is 1. The summed E-state index contributed by atoms with van der Waals surface area (Å²) in [6.45, 7) is 0. The van der Waals surface area contributed by atoms with E-state index in [4.69, 9.17) is 0 Å². The van der Waals surface area contributed by atoms with E-state index in [2.05, 4.69) is 33.4 Å². The van der Waals surface area contributed by atoms with Crippen molar-refractivity contribution in [2.75, 3.05) is 11.5 Å². The Labute approximate surface area is 103 Å². The van der Waals surface area contributed by atoms with Crippen LogP contribution in [0, 0.1) is 0 Å². The Balaban J connectivity index is 2.83. The number of carbonyl (C=O) groups excluding carboxylic acids is 1. The Morgan fingerprint density at radius 2 is 2.20 bits per heavy atom. The van der Waals surface area contributed by atoms with Crippen molar-refractivity contribution in [3.8, 4) is 0 Å². The van der Waals surface area contributed by atoms with Crippen LogP contribution in [0.2, 0.25) is 0 Å². The van der Waals surface area contributed by atoms with Gasteiger partial charge >= 0.3 is 5.97 Å². The molecule has 0 aliphatic heterocycles. The number of esters is 1. The number of alkyl halides is 1. The highest BCUT2D eigenvalue weighted by atomic mass is 127. The van der Waals surface area contributed by atoms with Crippen LogP contribution >= 0.6 is 22.6 Å². The maximum Gasteiger partial charge on any atom is 0.330 e. The van der Waals surface area contributed by atoms with E-state index >= 15 is 0 Å². The van der Waals surface area contributed by atoms with Crippen LogP contribution < -0.4 is 0 Å². The van der Waals surface area contributed by atoms with Gasteiger partial charge in [-0.15, -0.1) is 0 Å². The first kappa shape index (κ1) is 12.2. The Kier molecular flexibility index (Phi) is 5.39. The maximum atomic E-state index is 10.9. The summed E-state index contributed by atoms with van der Waals surface area (Å²) in [5.74, 6) is -0.320. The molecule has 0 unspecified atom stereocenters. The number of carbonyl (C=O) groups is 1. The maximum absolute atomic E-state index is 10.9. The van der Waals surface area contributed by atoms with E-state index in [1.807, 2.05) is 18.2 Å². The van der Waals surface area contributed by atoms with Gasteiger partial charge in [-0.1, -0.05) is 46.9 Å². The SMILES string of the molecule is COC(=O)/C=C/c1ccccc1CCI. The normalized spacial score (nSPS) is 10.5. The summed E-state index contributed by atoms with van der Waals surface area (Å²) in [4.78, 5) is 10.9. The molecule has 1 aromatic rings. The highest BCUT2D eigenvalue weighted by molar-refractivity contribution is 14.1. The Morgan fingerprint density at radius 3 is 2.87 bits per heavy atom. The molecule has 2 nitrogen and oxygen atoms in total. The summed E-state index contributed by atoms with van der Waals surface area (Å²) < 4.78 is 5.61. The molecule has 1 rings (SSSR count). The van der Waals surface area contributed by atoms with Gasteiger partial charge in [-0.25, -0.2) is 4.79 Å². The third kappa shape index (κ3) is 4.03. The van der Waals surface area contributed by atoms with E-state index in [0.717, 1.165) is 16.4 Å². The molecule has 3 heteroatoms. The number of halogens is 1. The molecule has 0 atom stereocenters. The Morgan fingerprint density at radius 1 is 1.47 bits per heavy atom. The molecule has 0 aliphatic rings. The second-order valence-corrected chi connectivity index (χ2v) is 4.07. The topological polar surface area (TPSA) is 26.3 Å². The fourth-order valence-corrected chi connectivity index (χ4v) is 1.83. The van der Waals surface area contributed by atoms with E-state index in [-0.39, 0.29) is 5.97 Å². The first-order valence-electron chi connectivity index (χ1n) is 4.68. The summed E-state index contributed by atoms with van der Waals surface area (Å²) in [6.07, 6.45) is 4.27. The van der Waals surface area contributed by atoms with Crippen LogP contribution in [0.4, 0.5) is 0 Å². The highest BCUT2D eigenvalue weighted by Crippen LogP contribution is 2.12. The first-order valence-corrected chi connectivity index (χ1v) is 6.20. The zero-order valence-electron chi connectivity index (χ0n) is 8.57. The van der Waals surface area contributed by atoms with Crippen LogP contribution in [0.5, 0.6) is 0 Å². The summed E-state index contributed by atoms with van der Waals surface area (Å²) in [7, 11) is 1.38. The molecule has 80 valence electrons. The summed E-state index contributed by atoms with van der Waals surface area (Å²) in [5, 5.41) is 0. The van der Waals surface area contributed by atoms with Crippen LogP contribution in [0.15, 0.2) is 30.3 Å². The quantitative estimate of drug-likeness (QED) is 0.369. The summed E-state index contributed by atoms with van der Waals surface area (Å²) in [6, 6.07) is 8.06. The Bertz CT molecular complexity index is 358. The minimum Gasteiger partial charge on any atom is -0.466 e. The lowest BCUT2D eigenvalue weighted by Crippen LogP contribution is -1.94. The van der Waals surface area contributed by atoms with Gasteiger partial charge in [-0.05, 0) is 23.6 Å². The van der Waals surface area contributed by atoms with Crippen LogP contribution in [-0.4, -0.2) is 17.5 Å². The third-order valence-corrected chi connectivity index (χ3v) is 2.56. The van der Waals surface area contributed by atoms with Crippen LogP contribution in [0.1, 0.15) is 11.1 Å². The average Bonchev–Trinajstić information content (AvgIpc) is 2.28. The molecule has 0 aliphatic carbocycles. The van der Waals surface area contributed by atoms with Crippen molar-refractivity contribution >= 4 is 34.6 Å². The zero-order valence-corrected chi connectivity index (χ0v) is 10.7. The van der Waals surface area contributed by atoms with Crippen molar-refractivity contribution in [2.24, 2.45) is 0 Å². The summed E-state index contributed by atoms with van der Waals surface area (Å²) >= 11 is 2.34. The van der Waals surface area contributed by atoms with Gasteiger partial charge in [-0.2, -0.15) is 0 Å². The fraction of sp³-hybridized carbons (Fsp3) is 0.250. The van der Waals surface area contributed by atoms with Gasteiger partial charge in [0.2, 0.25) is 0 Å². The number of methoxy groups -OCH3 is 1. The monoisotopic (exact) mass is 316 g/mol. The largest absolute Gasteiger partial charge is 0.466 e. The van der Waals surface area contributed by atoms with Gasteiger partial charge in [0.25, 0.3) is 0 Å². The number of hydrogen-bond acceptors (Lipinski definition) is 2. The number of hydrogen-bond donors (Lipinski definition) is 0. The first-order chi connectivity index (χ1) is 7.27. The standard InChI is InChI=1S/C12H13IO2/c1-15-12(14)7-6-10-4-2-3-5-11(10)8-9-13/h2-7H,8-9H2,1H3/b7-6+. The van der Waals surface area contributed by atoms with E-state index in [1.54, 1.807) is 6.08 Å². The molecule has 0 radical (unpaired) electrons. The molecule has 15 heavy (non-hydrogen) atoms. The van der Waals surface area contributed by atoms with Crippen molar-refractivity contribution in [2.45, 2.75) is 6.42 Å². The lowest BCUT2D eigenvalue weighted by atomic mass is 10.1. The van der Waals surface area contributed by atoms with Gasteiger partial charge in [0.1, 0.15) is 0 Å². The molecule has 0 spiro atoms. The van der Waals surface area contributed by atoms with Crippen LogP contribution in [-0.2, 0) is 16.0 Å². The van der Waals surface area contributed by atoms with Gasteiger partial charge < -0.3 is 4.74 Å². The molecule has 0 heterocycles. The molecule has 1 aromatic carbocycles. The predicted molar refractivity (Wildman–Crippen MR) is 70.1 cm³/mol. The molecular weight excluding hydrogens is 303 g/mol. The second-order valence-electron chi connectivity index (χ2n) is 2.99. The van der Waals surface area contributed by atoms with Crippen LogP contribution in [0.25, 0.3) is 6.08 Å². The lowest BCUT2D eigenvalue weighted by molar-refractivity contribution is -0.134. The minimum absolute atomic E-state index is 0.320. The number of aryl methyl sites for hydroxylation is 1. The molecule has 0 bridgehead atoms. The van der Waals surface area contributed by atoms with E-state index in [0.29, 0.717) is 0 Å². The molecule has 0 amide bonds. The fourth-order valence-electron chi connectivity index (χ4n) is 1.25. The predicted octanol–water partition coefficient (Wildman–Crippen LogP) is 2.85. The molecular formula is C12H13IO2. The van der Waals surface area contributed by atoms with Gasteiger partial charge in [0.05, 0.1) is 7.11 Å². The van der Waals surface area contributed by atoms with Gasteiger partial charge in [0.15, 0.2) is 0 Å². The van der Waals surface area contributed by atoms with Gasteiger partial charge in [-0.3, -0.25) is 0 Å². The zero-order chi connectivity index (χ0) is 11.1. The lowest BCUT2D eigenvalue weighted by Gasteiger charge is -2.02. The number of rotatable bonds is 4.